The second kappa shape index (κ2) is 12.9. The van der Waals surface area contributed by atoms with Crippen molar-refractivity contribution in [2.75, 3.05) is 31.3 Å². The number of carboxylic acid groups (broad SMARTS) is 1. The molecule has 0 bridgehead atoms. The molecule has 6 rings (SSSR count). The maximum Gasteiger partial charge on any atom is 0.411 e. The van der Waals surface area contributed by atoms with Crippen LogP contribution in [0.1, 0.15) is 33.5 Å². The van der Waals surface area contributed by atoms with Crippen LogP contribution in [0.4, 0.5) is 23.2 Å². The van der Waals surface area contributed by atoms with Gasteiger partial charge in [-0.2, -0.15) is 13.2 Å². The number of hydrogen-bond acceptors (Lipinski definition) is 7. The predicted molar refractivity (Wildman–Crippen MR) is 168 cm³/mol. The molecule has 10 nitrogen and oxygen atoms in total. The van der Waals surface area contributed by atoms with Gasteiger partial charge in [-0.25, -0.2) is 9.18 Å². The lowest BCUT2D eigenvalue weighted by Gasteiger charge is -2.38. The van der Waals surface area contributed by atoms with Crippen LogP contribution < -0.4 is 20.5 Å². The minimum Gasteiger partial charge on any atom is -0.493 e. The van der Waals surface area contributed by atoms with Gasteiger partial charge in [0.2, 0.25) is 0 Å². The maximum absolute atomic E-state index is 15.4. The number of nitrogens with zero attached hydrogens (tertiary/aromatic N) is 3. The molecule has 48 heavy (non-hydrogen) atoms. The van der Waals surface area contributed by atoms with Gasteiger partial charge in [0, 0.05) is 49.0 Å². The van der Waals surface area contributed by atoms with E-state index < -0.39 is 48.1 Å². The molecule has 2 aromatic heterocycles. The van der Waals surface area contributed by atoms with E-state index >= 15 is 4.39 Å². The summed E-state index contributed by atoms with van der Waals surface area (Å²) in [4.78, 5) is 44.2. The number of anilines is 1. The van der Waals surface area contributed by atoms with E-state index in [-0.39, 0.29) is 36.4 Å². The topological polar surface area (TPSA) is 123 Å². The highest BCUT2D eigenvalue weighted by Crippen LogP contribution is 2.39. The van der Waals surface area contributed by atoms with Crippen LogP contribution in [0, 0.1) is 12.7 Å². The molecule has 14 heteroatoms. The number of hydrogen-bond donors (Lipinski definition) is 2. The Kier molecular flexibility index (Phi) is 8.86. The fourth-order valence-corrected chi connectivity index (χ4v) is 6.46. The lowest BCUT2D eigenvalue weighted by Crippen LogP contribution is -2.53. The van der Waals surface area contributed by atoms with Crippen molar-refractivity contribution >= 4 is 28.5 Å². The van der Waals surface area contributed by atoms with Crippen LogP contribution >= 0.6 is 0 Å². The number of carboxylic acids is 1. The molecule has 4 aromatic rings. The maximum atomic E-state index is 15.4. The zero-order chi connectivity index (χ0) is 34.3. The van der Waals surface area contributed by atoms with Gasteiger partial charge in [-0.15, -0.1) is 0 Å². The first-order chi connectivity index (χ1) is 22.8. The van der Waals surface area contributed by atoms with Crippen molar-refractivity contribution in [2.24, 2.45) is 7.05 Å². The molecular weight excluding hydrogens is 636 g/mol. The zero-order valence-electron chi connectivity index (χ0n) is 26.1. The molecule has 0 unspecified atom stereocenters. The SMILES string of the molecule is Cc1cc(N2CCOC[C@@H]2C(F)(F)F)cc(F)c1C(=O)N[C@@H](Cc1ccc(-c2cc3cnccc3n(C)c2=O)c2c1CCCO2)C(=O)O. The average molecular weight is 669 g/mol. The number of benzene rings is 2. The first-order valence-electron chi connectivity index (χ1n) is 15.3. The summed E-state index contributed by atoms with van der Waals surface area (Å²) < 4.78 is 68.8. The van der Waals surface area contributed by atoms with Crippen molar-refractivity contribution in [3.05, 3.63) is 87.2 Å². The normalized spacial score (nSPS) is 17.0. The summed E-state index contributed by atoms with van der Waals surface area (Å²) in [6.45, 7) is 1.04. The molecule has 1 saturated heterocycles. The molecule has 4 heterocycles. The van der Waals surface area contributed by atoms with Crippen LogP contribution in [-0.2, 0) is 29.4 Å². The molecule has 2 atom stereocenters. The molecular formula is C34H32F4N4O6. The van der Waals surface area contributed by atoms with E-state index in [1.807, 2.05) is 0 Å². The van der Waals surface area contributed by atoms with Crippen LogP contribution in [0.15, 0.2) is 53.6 Å². The third-order valence-electron chi connectivity index (χ3n) is 8.85. The second-order valence-corrected chi connectivity index (χ2v) is 11.9. The van der Waals surface area contributed by atoms with Crippen LogP contribution in [-0.4, -0.2) is 71.2 Å². The van der Waals surface area contributed by atoms with E-state index in [0.717, 1.165) is 16.4 Å². The molecule has 0 spiro atoms. The van der Waals surface area contributed by atoms with Crippen molar-refractivity contribution in [1.82, 2.24) is 14.9 Å². The lowest BCUT2D eigenvalue weighted by molar-refractivity contribution is -0.167. The number of alkyl halides is 3. The summed E-state index contributed by atoms with van der Waals surface area (Å²) in [5.41, 5.74) is 2.16. The van der Waals surface area contributed by atoms with Gasteiger partial charge in [0.25, 0.3) is 11.5 Å². The van der Waals surface area contributed by atoms with Crippen molar-refractivity contribution < 1.29 is 41.7 Å². The van der Waals surface area contributed by atoms with E-state index in [2.05, 4.69) is 10.3 Å². The van der Waals surface area contributed by atoms with Crippen molar-refractivity contribution in [1.29, 1.82) is 0 Å². The molecule has 2 aromatic carbocycles. The monoisotopic (exact) mass is 668 g/mol. The quantitative estimate of drug-likeness (QED) is 0.275. The Balaban J connectivity index is 1.28. The van der Waals surface area contributed by atoms with Crippen molar-refractivity contribution in [2.45, 2.75) is 44.4 Å². The number of halogens is 4. The standard InChI is InChI=1S/C34H32F4N4O6/c1-18-12-21(42-9-11-47-17-28(42)34(36,37)38)15-25(35)29(18)31(43)40-26(33(45)46)14-19-5-6-23(30-22(19)4-3-10-48-30)24-13-20-16-39-8-7-27(20)41(2)32(24)44/h5-8,12-13,15-16,26,28H,3-4,9-11,14,17H2,1-2H3,(H,40,43)(H,45,46)/t26-,28+/m0/s1. The number of carbonyl (C=O) groups excluding carboxylic acids is 1. The fourth-order valence-electron chi connectivity index (χ4n) is 6.46. The Morgan fingerprint density at radius 2 is 1.94 bits per heavy atom. The molecule has 1 fully saturated rings. The highest BCUT2D eigenvalue weighted by Gasteiger charge is 2.45. The third-order valence-corrected chi connectivity index (χ3v) is 8.85. The first kappa shape index (κ1) is 32.9. The number of fused-ring (bicyclic) bond motifs is 2. The summed E-state index contributed by atoms with van der Waals surface area (Å²) in [7, 11) is 1.66. The van der Waals surface area contributed by atoms with Gasteiger partial charge in [-0.3, -0.25) is 14.6 Å². The summed E-state index contributed by atoms with van der Waals surface area (Å²) in [6.07, 6.45) is -0.374. The second-order valence-electron chi connectivity index (χ2n) is 11.9. The number of amides is 1. The number of ether oxygens (including phenoxy) is 2. The van der Waals surface area contributed by atoms with Gasteiger partial charge in [-0.05, 0) is 60.7 Å². The first-order valence-corrected chi connectivity index (χ1v) is 15.3. The van der Waals surface area contributed by atoms with Gasteiger partial charge in [-0.1, -0.05) is 12.1 Å². The van der Waals surface area contributed by atoms with Gasteiger partial charge < -0.3 is 29.4 Å². The van der Waals surface area contributed by atoms with E-state index in [1.165, 1.54) is 17.6 Å². The Labute approximate surface area is 271 Å². The van der Waals surface area contributed by atoms with E-state index in [0.29, 0.717) is 53.0 Å². The molecule has 0 radical (unpaired) electrons. The van der Waals surface area contributed by atoms with Gasteiger partial charge in [0.05, 0.1) is 36.5 Å². The van der Waals surface area contributed by atoms with Crippen LogP contribution in [0.25, 0.3) is 22.0 Å². The number of nitrogens with one attached hydrogen (secondary N) is 1. The van der Waals surface area contributed by atoms with Crippen molar-refractivity contribution in [3.8, 4) is 16.9 Å². The third kappa shape index (κ3) is 6.19. The largest absolute Gasteiger partial charge is 0.493 e. The average Bonchev–Trinajstić information content (AvgIpc) is 3.05. The van der Waals surface area contributed by atoms with Crippen LogP contribution in [0.5, 0.6) is 5.75 Å². The van der Waals surface area contributed by atoms with E-state index in [1.54, 1.807) is 43.7 Å². The Bertz CT molecular complexity index is 1960. The number of morpholine rings is 1. The summed E-state index contributed by atoms with van der Waals surface area (Å²) in [6, 6.07) is 5.51. The van der Waals surface area contributed by atoms with Crippen molar-refractivity contribution in [3.63, 3.8) is 0 Å². The zero-order valence-corrected chi connectivity index (χ0v) is 26.1. The number of aliphatic carboxylic acids is 1. The Morgan fingerprint density at radius 3 is 2.67 bits per heavy atom. The number of rotatable bonds is 7. The summed E-state index contributed by atoms with van der Waals surface area (Å²) in [5, 5.41) is 13.2. The number of aryl methyl sites for hydroxylation is 2. The Morgan fingerprint density at radius 1 is 1.15 bits per heavy atom. The highest BCUT2D eigenvalue weighted by atomic mass is 19.4. The molecule has 2 N–H and O–H groups in total. The smallest absolute Gasteiger partial charge is 0.411 e. The minimum atomic E-state index is -4.62. The van der Waals surface area contributed by atoms with Gasteiger partial charge in [0.1, 0.15) is 23.7 Å². The predicted octanol–water partition coefficient (Wildman–Crippen LogP) is 4.57. The molecule has 0 saturated carbocycles. The van der Waals surface area contributed by atoms with E-state index in [9.17, 15) is 32.7 Å². The molecule has 252 valence electrons. The van der Waals surface area contributed by atoms with Crippen LogP contribution in [0.3, 0.4) is 0 Å². The minimum absolute atomic E-state index is 0.0158. The summed E-state index contributed by atoms with van der Waals surface area (Å²) in [5.74, 6) is -3.02. The fraction of sp³-hybridized carbons (Fsp3) is 0.353. The number of carbonyl (C=O) groups is 2. The number of pyridine rings is 2. The molecule has 2 aliphatic heterocycles. The number of aromatic nitrogens is 2. The lowest BCUT2D eigenvalue weighted by atomic mass is 9.90. The molecule has 2 aliphatic rings. The van der Waals surface area contributed by atoms with Crippen LogP contribution in [0.2, 0.25) is 0 Å². The van der Waals surface area contributed by atoms with Gasteiger partial charge >= 0.3 is 12.1 Å². The summed E-state index contributed by atoms with van der Waals surface area (Å²) >= 11 is 0. The highest BCUT2D eigenvalue weighted by molar-refractivity contribution is 5.98. The van der Waals surface area contributed by atoms with Gasteiger partial charge in [0.15, 0.2) is 0 Å². The molecule has 0 aliphatic carbocycles. The van der Waals surface area contributed by atoms with E-state index in [4.69, 9.17) is 9.47 Å². The Hall–Kier alpha value is -4.98. The molecule has 1 amide bonds.